The molecule has 0 unspecified atom stereocenters. The quantitative estimate of drug-likeness (QED) is 0.737. The summed E-state index contributed by atoms with van der Waals surface area (Å²) in [7, 11) is 0. The molecular weight excluding hydrogens is 357 g/mol. The number of benzene rings is 1. The minimum absolute atomic E-state index is 0.111. The predicted octanol–water partition coefficient (Wildman–Crippen LogP) is 3.38. The molecule has 1 aliphatic heterocycles. The van der Waals surface area contributed by atoms with E-state index in [-0.39, 0.29) is 17.6 Å². The fourth-order valence-corrected chi connectivity index (χ4v) is 3.95. The van der Waals surface area contributed by atoms with Gasteiger partial charge in [0.1, 0.15) is 18.2 Å². The van der Waals surface area contributed by atoms with Crippen LogP contribution < -0.4 is 0 Å². The number of piperidine rings is 1. The van der Waals surface area contributed by atoms with Gasteiger partial charge in [-0.25, -0.2) is 9.37 Å². The summed E-state index contributed by atoms with van der Waals surface area (Å²) >= 11 is 0. The first kappa shape index (κ1) is 18.4. The second kappa shape index (κ2) is 7.96. The summed E-state index contributed by atoms with van der Waals surface area (Å²) < 4.78 is 15.2. The predicted molar refractivity (Wildman–Crippen MR) is 104 cm³/mol. The molecule has 1 aliphatic rings. The van der Waals surface area contributed by atoms with Crippen LogP contribution in [0.2, 0.25) is 0 Å². The Labute approximate surface area is 163 Å². The van der Waals surface area contributed by atoms with Crippen molar-refractivity contribution in [2.45, 2.75) is 38.6 Å². The molecule has 2 aromatic heterocycles. The van der Waals surface area contributed by atoms with Gasteiger partial charge in [-0.2, -0.15) is 5.10 Å². The van der Waals surface area contributed by atoms with E-state index in [1.165, 1.54) is 12.1 Å². The van der Waals surface area contributed by atoms with Crippen molar-refractivity contribution in [3.8, 4) is 11.1 Å². The highest BCUT2D eigenvalue weighted by Crippen LogP contribution is 2.33. The number of carbonyl (C=O) groups excluding carboxylic acids is 1. The number of halogens is 1. The van der Waals surface area contributed by atoms with Gasteiger partial charge in [0.15, 0.2) is 0 Å². The lowest BCUT2D eigenvalue weighted by molar-refractivity contribution is -0.133. The number of aromatic nitrogens is 4. The molecule has 146 valence electrons. The molecule has 0 bridgehead atoms. The van der Waals surface area contributed by atoms with Crippen molar-refractivity contribution < 1.29 is 9.18 Å². The minimum atomic E-state index is -0.255. The molecule has 1 amide bonds. The molecule has 1 saturated heterocycles. The molecule has 0 radical (unpaired) electrons. The number of nitrogens with one attached hydrogen (secondary N) is 1. The van der Waals surface area contributed by atoms with E-state index in [1.54, 1.807) is 24.5 Å². The van der Waals surface area contributed by atoms with Crippen molar-refractivity contribution in [1.82, 2.24) is 24.6 Å². The normalized spacial score (nSPS) is 17.1. The maximum atomic E-state index is 13.3. The Hall–Kier alpha value is -2.96. The van der Waals surface area contributed by atoms with Crippen molar-refractivity contribution in [3.63, 3.8) is 0 Å². The topological polar surface area (TPSA) is 66.8 Å². The molecule has 4 rings (SSSR count). The molecule has 1 aromatic carbocycles. The van der Waals surface area contributed by atoms with Gasteiger partial charge < -0.3 is 9.47 Å². The molecule has 1 N–H and O–H groups in total. The monoisotopic (exact) mass is 381 g/mol. The number of amides is 1. The first-order valence-corrected chi connectivity index (χ1v) is 9.72. The van der Waals surface area contributed by atoms with E-state index >= 15 is 0 Å². The smallest absolute Gasteiger partial charge is 0.242 e. The minimum Gasteiger partial charge on any atom is -0.340 e. The van der Waals surface area contributed by atoms with Crippen molar-refractivity contribution in [2.24, 2.45) is 0 Å². The van der Waals surface area contributed by atoms with Crippen LogP contribution in [0.15, 0.2) is 42.9 Å². The second-order valence-electron chi connectivity index (χ2n) is 7.21. The molecule has 0 aliphatic carbocycles. The number of imidazole rings is 1. The first-order chi connectivity index (χ1) is 13.7. The fourth-order valence-electron chi connectivity index (χ4n) is 3.95. The Bertz CT molecular complexity index is 946. The van der Waals surface area contributed by atoms with Gasteiger partial charge in [-0.3, -0.25) is 9.89 Å². The summed E-state index contributed by atoms with van der Waals surface area (Å²) in [6.45, 7) is 3.79. The Balaban J connectivity index is 1.49. The third-order valence-corrected chi connectivity index (χ3v) is 5.43. The van der Waals surface area contributed by atoms with Crippen LogP contribution in [0.5, 0.6) is 0 Å². The maximum Gasteiger partial charge on any atom is 0.242 e. The van der Waals surface area contributed by atoms with Gasteiger partial charge in [0.05, 0.1) is 6.20 Å². The largest absolute Gasteiger partial charge is 0.340 e. The molecule has 7 heteroatoms. The lowest BCUT2D eigenvalue weighted by atomic mass is 9.90. The van der Waals surface area contributed by atoms with Crippen molar-refractivity contribution in [2.75, 3.05) is 13.1 Å². The van der Waals surface area contributed by atoms with E-state index in [0.717, 1.165) is 48.5 Å². The van der Waals surface area contributed by atoms with Gasteiger partial charge in [0.2, 0.25) is 5.91 Å². The Morgan fingerprint density at radius 2 is 2.14 bits per heavy atom. The third-order valence-electron chi connectivity index (χ3n) is 5.43. The first-order valence-electron chi connectivity index (χ1n) is 9.72. The zero-order valence-electron chi connectivity index (χ0n) is 15.9. The summed E-state index contributed by atoms with van der Waals surface area (Å²) in [6, 6.07) is 6.44. The standard InChI is InChI=1S/C21H24FN5O/c1-2-19-23-9-11-26(19)14-20(28)27-10-3-4-16(13-27)21-18(12-24-25-21)15-5-7-17(22)8-6-15/h5-9,11-12,16H,2-4,10,13-14H2,1H3,(H,24,25)/t16-/m0/s1. The van der Waals surface area contributed by atoms with Crippen molar-refractivity contribution in [1.29, 1.82) is 0 Å². The lowest BCUT2D eigenvalue weighted by Crippen LogP contribution is -2.41. The van der Waals surface area contributed by atoms with Crippen LogP contribution in [0.1, 0.15) is 37.2 Å². The zero-order chi connectivity index (χ0) is 19.5. The SMILES string of the molecule is CCc1nccn1CC(=O)N1CCC[C@H](c2[nH]ncc2-c2ccc(F)cc2)C1. The van der Waals surface area contributed by atoms with E-state index in [0.29, 0.717) is 13.1 Å². The van der Waals surface area contributed by atoms with Crippen LogP contribution in [-0.2, 0) is 17.8 Å². The lowest BCUT2D eigenvalue weighted by Gasteiger charge is -2.33. The Morgan fingerprint density at radius 3 is 2.93 bits per heavy atom. The number of hydrogen-bond donors (Lipinski definition) is 1. The molecule has 1 atom stereocenters. The van der Waals surface area contributed by atoms with Gasteiger partial charge in [0.25, 0.3) is 0 Å². The van der Waals surface area contributed by atoms with Gasteiger partial charge in [-0.05, 0) is 30.5 Å². The maximum absolute atomic E-state index is 13.3. The number of aryl methyl sites for hydroxylation is 1. The van der Waals surface area contributed by atoms with Crippen LogP contribution in [0.4, 0.5) is 4.39 Å². The molecule has 0 spiro atoms. The number of aromatic amines is 1. The van der Waals surface area contributed by atoms with E-state index in [1.807, 2.05) is 22.6 Å². The van der Waals surface area contributed by atoms with Crippen molar-refractivity contribution >= 4 is 5.91 Å². The molecule has 1 fully saturated rings. The highest BCUT2D eigenvalue weighted by atomic mass is 19.1. The average Bonchev–Trinajstić information content (AvgIpc) is 3.38. The van der Waals surface area contributed by atoms with Crippen LogP contribution in [0.3, 0.4) is 0 Å². The molecule has 28 heavy (non-hydrogen) atoms. The highest BCUT2D eigenvalue weighted by molar-refractivity contribution is 5.76. The van der Waals surface area contributed by atoms with E-state index in [2.05, 4.69) is 15.2 Å². The molecule has 3 heterocycles. The number of carbonyl (C=O) groups is 1. The van der Waals surface area contributed by atoms with Crippen molar-refractivity contribution in [3.05, 3.63) is 60.2 Å². The Morgan fingerprint density at radius 1 is 1.32 bits per heavy atom. The van der Waals surface area contributed by atoms with Crippen LogP contribution in [0.25, 0.3) is 11.1 Å². The van der Waals surface area contributed by atoms with Crippen LogP contribution in [-0.4, -0.2) is 43.6 Å². The average molecular weight is 381 g/mol. The summed E-state index contributed by atoms with van der Waals surface area (Å²) in [5.74, 6) is 0.970. The molecular formula is C21H24FN5O. The molecule has 6 nitrogen and oxygen atoms in total. The van der Waals surface area contributed by atoms with Gasteiger partial charge >= 0.3 is 0 Å². The van der Waals surface area contributed by atoms with E-state index < -0.39 is 0 Å². The third kappa shape index (κ3) is 3.69. The second-order valence-corrected chi connectivity index (χ2v) is 7.21. The molecule has 0 saturated carbocycles. The van der Waals surface area contributed by atoms with Crippen LogP contribution in [0, 0.1) is 5.82 Å². The van der Waals surface area contributed by atoms with Crippen LogP contribution >= 0.6 is 0 Å². The Kier molecular flexibility index (Phi) is 5.23. The summed E-state index contributed by atoms with van der Waals surface area (Å²) in [4.78, 5) is 19.1. The summed E-state index contributed by atoms with van der Waals surface area (Å²) in [6.07, 6.45) is 8.12. The molecule has 3 aromatic rings. The zero-order valence-corrected chi connectivity index (χ0v) is 15.9. The number of H-pyrrole nitrogens is 1. The van der Waals surface area contributed by atoms with Gasteiger partial charge in [-0.1, -0.05) is 19.1 Å². The van der Waals surface area contributed by atoms with Gasteiger partial charge in [0, 0.05) is 49.1 Å². The number of likely N-dealkylation sites (tertiary alicyclic amines) is 1. The van der Waals surface area contributed by atoms with Gasteiger partial charge in [-0.15, -0.1) is 0 Å². The fraction of sp³-hybridized carbons (Fsp3) is 0.381. The van der Waals surface area contributed by atoms with E-state index in [9.17, 15) is 9.18 Å². The number of nitrogens with zero attached hydrogens (tertiary/aromatic N) is 4. The highest BCUT2D eigenvalue weighted by Gasteiger charge is 2.28. The summed E-state index contributed by atoms with van der Waals surface area (Å²) in [5.41, 5.74) is 2.92. The van der Waals surface area contributed by atoms with E-state index in [4.69, 9.17) is 0 Å². The number of hydrogen-bond acceptors (Lipinski definition) is 3. The number of rotatable bonds is 5. The summed E-state index contributed by atoms with van der Waals surface area (Å²) in [5, 5.41) is 7.33.